The lowest BCUT2D eigenvalue weighted by atomic mass is 10.1. The van der Waals surface area contributed by atoms with Crippen molar-refractivity contribution in [3.8, 4) is 11.8 Å². The molecule has 5 nitrogen and oxygen atoms in total. The Morgan fingerprint density at radius 3 is 1.73 bits per heavy atom. The largest absolute Gasteiger partial charge is 0.316 e. The normalized spacial score (nSPS) is 12.6. The number of para-hydroxylation sites is 5. The number of fused-ring (bicyclic) bond motifs is 10. The van der Waals surface area contributed by atoms with Crippen molar-refractivity contribution in [2.45, 2.75) is 0 Å². The second-order valence-electron chi connectivity index (χ2n) is 12.0. The minimum Gasteiger partial charge on any atom is -0.316 e. The highest BCUT2D eigenvalue weighted by Gasteiger charge is 2.21. The molecule has 49 heavy (non-hydrogen) atoms. The molecule has 3 heterocycles. The molecule has 0 amide bonds. The summed E-state index contributed by atoms with van der Waals surface area (Å²) in [5.74, 6) is 0. The van der Waals surface area contributed by atoms with Crippen molar-refractivity contribution in [3.63, 3.8) is 0 Å². The Labute approximate surface area is 282 Å². The molecule has 0 bridgehead atoms. The maximum atomic E-state index is 10.6. The van der Waals surface area contributed by atoms with Gasteiger partial charge in [0, 0.05) is 44.2 Å². The number of aromatic nitrogens is 3. The third-order valence-electron chi connectivity index (χ3n) is 9.44. The summed E-state index contributed by atoms with van der Waals surface area (Å²) in [5.41, 5.74) is 8.53. The average Bonchev–Trinajstić information content (AvgIpc) is 3.79. The van der Waals surface area contributed by atoms with E-state index >= 15 is 0 Å². The number of hydrogen-bond donors (Lipinski definition) is 0. The van der Waals surface area contributed by atoms with E-state index in [1.807, 2.05) is 36.5 Å². The van der Waals surface area contributed by atoms with Crippen LogP contribution >= 0.6 is 0 Å². The molecule has 0 radical (unpaired) electrons. The first-order valence-corrected chi connectivity index (χ1v) is 16.1. The Bertz CT molecular complexity index is 2900. The highest BCUT2D eigenvalue weighted by Crippen LogP contribution is 2.43. The number of rotatable bonds is 5. The van der Waals surface area contributed by atoms with Crippen LogP contribution in [0.25, 0.3) is 87.8 Å². The van der Waals surface area contributed by atoms with Gasteiger partial charge in [0.1, 0.15) is 0 Å². The molecule has 3 aromatic heterocycles. The number of allylic oxidation sites excluding steroid dienone is 4. The highest BCUT2D eigenvalue weighted by atomic mass is 15.0. The van der Waals surface area contributed by atoms with Gasteiger partial charge in [0.05, 0.1) is 57.0 Å². The molecule has 6 aromatic carbocycles. The van der Waals surface area contributed by atoms with Gasteiger partial charge in [-0.3, -0.25) is 0 Å². The summed E-state index contributed by atoms with van der Waals surface area (Å²) in [5, 5.41) is 17.4. The van der Waals surface area contributed by atoms with Crippen molar-refractivity contribution in [3.05, 3.63) is 175 Å². The molecule has 0 fully saturated rings. The second kappa shape index (κ2) is 11.3. The van der Waals surface area contributed by atoms with Crippen LogP contribution in [0.5, 0.6) is 0 Å². The third-order valence-corrected chi connectivity index (χ3v) is 9.44. The first-order valence-electron chi connectivity index (χ1n) is 16.1. The molecule has 0 aliphatic carbocycles. The lowest BCUT2D eigenvalue weighted by Gasteiger charge is -2.12. The first kappa shape index (κ1) is 28.2. The van der Waals surface area contributed by atoms with Gasteiger partial charge >= 0.3 is 0 Å². The minimum atomic E-state index is 0.391. The molecule has 228 valence electrons. The molecule has 0 N–H and O–H groups in total. The van der Waals surface area contributed by atoms with Crippen LogP contribution in [0.2, 0.25) is 0 Å². The van der Waals surface area contributed by atoms with Crippen LogP contribution in [-0.2, 0) is 0 Å². The minimum absolute atomic E-state index is 0.391. The average molecular weight is 626 g/mol. The molecule has 9 aromatic rings. The summed E-state index contributed by atoms with van der Waals surface area (Å²) < 4.78 is 6.68. The van der Waals surface area contributed by atoms with Gasteiger partial charge in [0.2, 0.25) is 0 Å². The van der Waals surface area contributed by atoms with Gasteiger partial charge in [0.25, 0.3) is 0 Å². The maximum absolute atomic E-state index is 10.6. The zero-order valence-corrected chi connectivity index (χ0v) is 26.3. The summed E-state index contributed by atoms with van der Waals surface area (Å²) in [4.78, 5) is 3.45. The lowest BCUT2D eigenvalue weighted by Crippen LogP contribution is -1.99. The van der Waals surface area contributed by atoms with Crippen LogP contribution in [0, 0.1) is 17.9 Å². The van der Waals surface area contributed by atoms with Gasteiger partial charge in [-0.25, -0.2) is 4.85 Å². The zero-order chi connectivity index (χ0) is 32.9. The Kier molecular flexibility index (Phi) is 6.50. The summed E-state index contributed by atoms with van der Waals surface area (Å²) in [6.45, 7) is 7.46. The Morgan fingerprint density at radius 1 is 0.551 bits per heavy atom. The third kappa shape index (κ3) is 4.24. The predicted molar refractivity (Wildman–Crippen MR) is 203 cm³/mol. The van der Waals surface area contributed by atoms with Gasteiger partial charge in [0.15, 0.2) is 6.20 Å². The highest BCUT2D eigenvalue weighted by molar-refractivity contribution is 6.29. The zero-order valence-electron chi connectivity index (χ0n) is 26.3. The molecule has 0 saturated heterocycles. The summed E-state index contributed by atoms with van der Waals surface area (Å²) in [6, 6.07) is 50.9. The summed E-state index contributed by atoms with van der Waals surface area (Å²) in [7, 11) is 0. The van der Waals surface area contributed by atoms with Crippen LogP contribution < -0.4 is 0 Å². The number of benzene rings is 6. The van der Waals surface area contributed by atoms with Crippen LogP contribution in [0.4, 0.5) is 0 Å². The fourth-order valence-electron chi connectivity index (χ4n) is 7.47. The van der Waals surface area contributed by atoms with Crippen LogP contribution in [0.1, 0.15) is 0 Å². The van der Waals surface area contributed by atoms with E-state index in [-0.39, 0.29) is 0 Å². The van der Waals surface area contributed by atoms with E-state index in [1.165, 1.54) is 6.20 Å². The SMILES string of the molecule is [C-]#[N+]/C=C/C(C#N)=C(\C=C\n1c2ccccc2c2ccccc21)n1c2ccccc2c2c3c4ccccc4n(-c4ccccc4)c3ccc21. The van der Waals surface area contributed by atoms with Gasteiger partial charge in [-0.15, -0.1) is 0 Å². The van der Waals surface area contributed by atoms with Crippen molar-refractivity contribution in [1.82, 2.24) is 13.7 Å². The number of nitrogens with zero attached hydrogens (tertiary/aromatic N) is 5. The van der Waals surface area contributed by atoms with E-state index in [1.54, 1.807) is 6.08 Å². The van der Waals surface area contributed by atoms with Gasteiger partial charge in [-0.2, -0.15) is 5.26 Å². The van der Waals surface area contributed by atoms with Crippen molar-refractivity contribution >= 4 is 77.3 Å². The maximum Gasteiger partial charge on any atom is 0.155 e. The van der Waals surface area contributed by atoms with E-state index in [0.717, 1.165) is 71.1 Å². The molecule has 9 rings (SSSR count). The number of hydrogen-bond acceptors (Lipinski definition) is 1. The van der Waals surface area contributed by atoms with Crippen molar-refractivity contribution < 1.29 is 0 Å². The van der Waals surface area contributed by atoms with E-state index in [0.29, 0.717) is 11.3 Å². The van der Waals surface area contributed by atoms with E-state index in [9.17, 15) is 5.26 Å². The smallest absolute Gasteiger partial charge is 0.155 e. The molecule has 0 atom stereocenters. The Morgan fingerprint density at radius 2 is 1.08 bits per heavy atom. The van der Waals surface area contributed by atoms with E-state index < -0.39 is 0 Å². The molecule has 0 aliphatic rings. The molecule has 0 unspecified atom stereocenters. The fraction of sp³-hybridized carbons (Fsp3) is 0. The molecule has 0 spiro atoms. The Hall–Kier alpha value is -7.08. The van der Waals surface area contributed by atoms with Crippen LogP contribution in [0.3, 0.4) is 0 Å². The summed E-state index contributed by atoms with van der Waals surface area (Å²) >= 11 is 0. The summed E-state index contributed by atoms with van der Waals surface area (Å²) in [6.07, 6.45) is 7.02. The monoisotopic (exact) mass is 625 g/mol. The second-order valence-corrected chi connectivity index (χ2v) is 12.0. The lowest BCUT2D eigenvalue weighted by molar-refractivity contribution is 1.18. The van der Waals surface area contributed by atoms with Crippen LogP contribution in [0.15, 0.2) is 163 Å². The van der Waals surface area contributed by atoms with Crippen LogP contribution in [-0.4, -0.2) is 13.7 Å². The van der Waals surface area contributed by atoms with Gasteiger partial charge in [-0.1, -0.05) is 91.0 Å². The number of nitriles is 1. The van der Waals surface area contributed by atoms with E-state index in [4.69, 9.17) is 6.57 Å². The molecule has 5 heteroatoms. The molecule has 0 aliphatic heterocycles. The fourth-order valence-corrected chi connectivity index (χ4v) is 7.47. The molecule has 0 saturated carbocycles. The van der Waals surface area contributed by atoms with Gasteiger partial charge in [-0.05, 0) is 60.7 Å². The van der Waals surface area contributed by atoms with Gasteiger partial charge < -0.3 is 13.7 Å². The van der Waals surface area contributed by atoms with Crippen molar-refractivity contribution in [2.24, 2.45) is 0 Å². The predicted octanol–water partition coefficient (Wildman–Crippen LogP) is 11.3. The topological polar surface area (TPSA) is 42.9 Å². The van der Waals surface area contributed by atoms with E-state index in [2.05, 4.69) is 140 Å². The quantitative estimate of drug-likeness (QED) is 0.107. The molecular formula is C44H27N5. The Balaban J connectivity index is 1.39. The molecular weight excluding hydrogens is 599 g/mol. The van der Waals surface area contributed by atoms with Crippen molar-refractivity contribution in [2.75, 3.05) is 0 Å². The van der Waals surface area contributed by atoms with Crippen molar-refractivity contribution in [1.29, 1.82) is 5.26 Å². The first-order chi connectivity index (χ1) is 24.3. The standard InChI is InChI=1S/C44H27N5/c1-46-27-25-30(29-45)36(26-28-47-37-19-9-5-15-32(37)33-16-6-10-20-38(33)47)49-40-22-12-8-18-35(40)44-42(49)24-23-41-43(44)34-17-7-11-21-39(34)48(41)31-13-3-2-4-14-31/h2-28H/b27-25+,28-26+,36-30-.